The van der Waals surface area contributed by atoms with Crippen LogP contribution in [0.5, 0.6) is 11.5 Å². The summed E-state index contributed by atoms with van der Waals surface area (Å²) in [6, 6.07) is 5.99. The van der Waals surface area contributed by atoms with E-state index >= 15 is 0 Å². The number of hydrogen-bond acceptors (Lipinski definition) is 2. The van der Waals surface area contributed by atoms with Crippen LogP contribution >= 0.6 is 0 Å². The van der Waals surface area contributed by atoms with Crippen molar-refractivity contribution in [2.45, 2.75) is 90.9 Å². The fraction of sp³-hybridized carbons (Fsp3) is 0.727. The molecule has 0 N–H and O–H groups in total. The van der Waals surface area contributed by atoms with E-state index in [0.717, 1.165) is 25.2 Å². The van der Waals surface area contributed by atoms with E-state index in [1.807, 2.05) is 12.1 Å². The van der Waals surface area contributed by atoms with Crippen molar-refractivity contribution < 1.29 is 10.8 Å². The zero-order valence-electron chi connectivity index (χ0n) is 16.9. The van der Waals surface area contributed by atoms with Crippen molar-refractivity contribution in [3.63, 3.8) is 0 Å². The third kappa shape index (κ3) is 11.4. The molecule has 0 aliphatic rings. The average Bonchev–Trinajstić information content (AvgIpc) is 2.61. The van der Waals surface area contributed by atoms with Gasteiger partial charge in [-0.15, -0.1) is 0 Å². The minimum absolute atomic E-state index is 0.423. The Labute approximate surface area is 151 Å². The topological polar surface area (TPSA) is 18.5 Å². The summed E-state index contributed by atoms with van der Waals surface area (Å²) in [4.78, 5) is 0. The van der Waals surface area contributed by atoms with Crippen LogP contribution in [0.1, 0.15) is 92.3 Å². The van der Waals surface area contributed by atoms with E-state index in [2.05, 4.69) is 13.8 Å². The third-order valence-corrected chi connectivity index (χ3v) is 4.28. The van der Waals surface area contributed by atoms with Gasteiger partial charge in [0.1, 0.15) is 11.5 Å². The lowest BCUT2D eigenvalue weighted by molar-refractivity contribution is 0.296. The van der Waals surface area contributed by atoms with E-state index in [0.29, 0.717) is 18.4 Å². The van der Waals surface area contributed by atoms with Gasteiger partial charge in [-0.3, -0.25) is 0 Å². The molecule has 0 heterocycles. The Kier molecular flexibility index (Phi) is 12.3. The van der Waals surface area contributed by atoms with Gasteiger partial charge in [0.2, 0.25) is 0 Å². The Bertz CT molecular complexity index is 434. The van der Waals surface area contributed by atoms with Crippen molar-refractivity contribution in [2.24, 2.45) is 0 Å². The van der Waals surface area contributed by atoms with Crippen LogP contribution in [0.25, 0.3) is 0 Å². The first-order chi connectivity index (χ1) is 12.3. The van der Waals surface area contributed by atoms with Crippen LogP contribution in [-0.4, -0.2) is 13.2 Å². The Hall–Kier alpha value is -1.18. The Morgan fingerprint density at radius 1 is 0.625 bits per heavy atom. The summed E-state index contributed by atoms with van der Waals surface area (Å²) in [5, 5.41) is 0. The van der Waals surface area contributed by atoms with Crippen molar-refractivity contribution in [3.8, 4) is 11.5 Å². The molecule has 0 bridgehead atoms. The van der Waals surface area contributed by atoms with Gasteiger partial charge in [0.25, 0.3) is 0 Å². The average molecular weight is 336 g/mol. The van der Waals surface area contributed by atoms with E-state index in [9.17, 15) is 0 Å². The van der Waals surface area contributed by atoms with E-state index in [1.165, 1.54) is 64.2 Å². The van der Waals surface area contributed by atoms with Gasteiger partial charge in [0.15, 0.2) is 0 Å². The highest BCUT2D eigenvalue weighted by Gasteiger charge is 1.98. The van der Waals surface area contributed by atoms with Crippen LogP contribution < -0.4 is 9.47 Å². The van der Waals surface area contributed by atoms with E-state index in [1.54, 1.807) is 6.07 Å². The van der Waals surface area contributed by atoms with Gasteiger partial charge >= 0.3 is 0 Å². The highest BCUT2D eigenvalue weighted by molar-refractivity contribution is 5.31. The summed E-state index contributed by atoms with van der Waals surface area (Å²) in [5.74, 6) is 1.45. The van der Waals surface area contributed by atoms with E-state index in [4.69, 9.17) is 10.8 Å². The van der Waals surface area contributed by atoms with Crippen LogP contribution in [0.15, 0.2) is 24.2 Å². The molecule has 0 aliphatic carbocycles. The molecular weight excluding hydrogens is 296 g/mol. The number of ether oxygens (including phenoxy) is 2. The minimum atomic E-state index is 0.423. The highest BCUT2D eigenvalue weighted by Crippen LogP contribution is 2.18. The summed E-state index contributed by atoms with van der Waals surface area (Å²) in [5.41, 5.74) is 0. The molecule has 1 aromatic rings. The van der Waals surface area contributed by atoms with Crippen LogP contribution in [0.2, 0.25) is 0 Å². The summed E-state index contributed by atoms with van der Waals surface area (Å²) < 4.78 is 19.6. The lowest BCUT2D eigenvalue weighted by Crippen LogP contribution is -1.99. The van der Waals surface area contributed by atoms with E-state index < -0.39 is 0 Å². The molecule has 0 saturated heterocycles. The molecular formula is C22H38O2. The summed E-state index contributed by atoms with van der Waals surface area (Å²) in [6.45, 7) is 5.92. The Morgan fingerprint density at radius 3 is 1.62 bits per heavy atom. The summed E-state index contributed by atoms with van der Waals surface area (Å²) in [6.07, 6.45) is 15.1. The smallest absolute Gasteiger partial charge is 0.119 e. The molecule has 0 aliphatic heterocycles. The standard InChI is InChI=1S/C22H38O2/c1-3-5-7-9-11-13-19-23-21-15-17-22(18-16-21)24-20-14-12-10-8-6-4-2/h15-18H,3-14,19-20H2,1-2H3/i15D. The second kappa shape index (κ2) is 15.4. The first-order valence-corrected chi connectivity index (χ1v) is 10.1. The fourth-order valence-corrected chi connectivity index (χ4v) is 2.71. The highest BCUT2D eigenvalue weighted by atomic mass is 16.5. The molecule has 138 valence electrons. The molecule has 0 amide bonds. The van der Waals surface area contributed by atoms with Crippen molar-refractivity contribution in [1.82, 2.24) is 0 Å². The largest absolute Gasteiger partial charge is 0.494 e. The second-order valence-corrected chi connectivity index (χ2v) is 6.62. The van der Waals surface area contributed by atoms with E-state index in [-0.39, 0.29) is 0 Å². The van der Waals surface area contributed by atoms with Gasteiger partial charge in [0, 0.05) is 0 Å². The lowest BCUT2D eigenvalue weighted by Gasteiger charge is -2.09. The summed E-state index contributed by atoms with van der Waals surface area (Å²) >= 11 is 0. The van der Waals surface area contributed by atoms with Crippen LogP contribution in [-0.2, 0) is 0 Å². The molecule has 0 aromatic heterocycles. The van der Waals surface area contributed by atoms with Gasteiger partial charge in [-0.05, 0) is 37.1 Å². The Balaban J connectivity index is 2.14. The van der Waals surface area contributed by atoms with Crippen molar-refractivity contribution in [2.75, 3.05) is 13.2 Å². The van der Waals surface area contributed by atoms with Gasteiger partial charge in [-0.25, -0.2) is 0 Å². The van der Waals surface area contributed by atoms with Crippen molar-refractivity contribution in [1.29, 1.82) is 0 Å². The monoisotopic (exact) mass is 335 g/mol. The van der Waals surface area contributed by atoms with Gasteiger partial charge < -0.3 is 9.47 Å². The van der Waals surface area contributed by atoms with Crippen LogP contribution in [0, 0.1) is 0 Å². The maximum atomic E-state index is 8.07. The molecule has 2 nitrogen and oxygen atoms in total. The van der Waals surface area contributed by atoms with Crippen molar-refractivity contribution >= 4 is 0 Å². The van der Waals surface area contributed by atoms with Crippen LogP contribution in [0.3, 0.4) is 0 Å². The molecule has 1 rings (SSSR count). The fourth-order valence-electron chi connectivity index (χ4n) is 2.71. The molecule has 0 unspecified atom stereocenters. The number of hydrogen-bond donors (Lipinski definition) is 0. The molecule has 24 heavy (non-hydrogen) atoms. The van der Waals surface area contributed by atoms with Crippen molar-refractivity contribution in [3.05, 3.63) is 24.2 Å². The first kappa shape index (κ1) is 19.1. The number of unbranched alkanes of at least 4 members (excludes halogenated alkanes) is 10. The molecule has 0 fully saturated rings. The molecule has 0 radical (unpaired) electrons. The molecule has 2 heteroatoms. The first-order valence-electron chi connectivity index (χ1n) is 10.6. The number of rotatable bonds is 16. The number of benzene rings is 1. The predicted octanol–water partition coefficient (Wildman–Crippen LogP) is 7.17. The quantitative estimate of drug-likeness (QED) is 0.298. The minimum Gasteiger partial charge on any atom is -0.494 e. The molecule has 0 saturated carbocycles. The second-order valence-electron chi connectivity index (χ2n) is 6.62. The third-order valence-electron chi connectivity index (χ3n) is 4.28. The zero-order valence-corrected chi connectivity index (χ0v) is 15.9. The van der Waals surface area contributed by atoms with Gasteiger partial charge in [-0.1, -0.05) is 78.1 Å². The molecule has 1 aromatic carbocycles. The Morgan fingerprint density at radius 2 is 1.08 bits per heavy atom. The lowest BCUT2D eigenvalue weighted by atomic mass is 10.1. The maximum Gasteiger partial charge on any atom is 0.119 e. The van der Waals surface area contributed by atoms with Gasteiger partial charge in [-0.2, -0.15) is 0 Å². The van der Waals surface area contributed by atoms with Gasteiger partial charge in [0.05, 0.1) is 14.6 Å². The summed E-state index contributed by atoms with van der Waals surface area (Å²) in [7, 11) is 0. The molecule has 0 spiro atoms. The SMILES string of the molecule is [2H]c1cc(OCCCCCCCC)ccc1OCCCCCCCC. The zero-order chi connectivity index (χ0) is 18.2. The normalized spacial score (nSPS) is 11.3. The van der Waals surface area contributed by atoms with Crippen LogP contribution in [0.4, 0.5) is 0 Å². The predicted molar refractivity (Wildman–Crippen MR) is 104 cm³/mol. The maximum absolute atomic E-state index is 8.07. The molecule has 0 atom stereocenters.